The molecule has 0 radical (unpaired) electrons. The van der Waals surface area contributed by atoms with Crippen LogP contribution in [0, 0.1) is 0 Å². The minimum Gasteiger partial charge on any atom is -0.361 e. The number of hydrogen-bond acceptors (Lipinski definition) is 6. The summed E-state index contributed by atoms with van der Waals surface area (Å²) in [6, 6.07) is 12.8. The van der Waals surface area contributed by atoms with E-state index in [1.165, 1.54) is 54.7 Å². The van der Waals surface area contributed by atoms with Crippen molar-refractivity contribution in [1.82, 2.24) is 4.98 Å². The Hall–Kier alpha value is -3.80. The molecular formula is C22H17Cl2N5O5S. The van der Waals surface area contributed by atoms with E-state index >= 15 is 0 Å². The molecule has 1 unspecified atom stereocenters. The minimum absolute atomic E-state index is 0.0829. The van der Waals surface area contributed by atoms with Crippen LogP contribution >= 0.6 is 23.2 Å². The molecule has 35 heavy (non-hydrogen) atoms. The van der Waals surface area contributed by atoms with Crippen LogP contribution in [0.5, 0.6) is 0 Å². The van der Waals surface area contributed by atoms with Crippen molar-refractivity contribution in [3.05, 3.63) is 82.0 Å². The highest BCUT2D eigenvalue weighted by molar-refractivity contribution is 7.93. The Morgan fingerprint density at radius 1 is 0.914 bits per heavy atom. The van der Waals surface area contributed by atoms with Crippen molar-refractivity contribution in [3.8, 4) is 0 Å². The molecular weight excluding hydrogens is 517 g/mol. The maximum Gasteiger partial charge on any atom is 0.343 e. The van der Waals surface area contributed by atoms with Crippen molar-refractivity contribution >= 4 is 68.1 Å². The second-order valence-corrected chi connectivity index (χ2v) is 10.2. The van der Waals surface area contributed by atoms with Crippen molar-refractivity contribution in [2.45, 2.75) is 4.90 Å². The molecule has 0 aliphatic heterocycles. The molecule has 0 aliphatic rings. The lowest BCUT2D eigenvalue weighted by Crippen LogP contribution is -2.22. The van der Waals surface area contributed by atoms with Gasteiger partial charge in [0.05, 0.1) is 26.0 Å². The predicted molar refractivity (Wildman–Crippen MR) is 132 cm³/mol. The van der Waals surface area contributed by atoms with Gasteiger partial charge >= 0.3 is 11.8 Å². The second kappa shape index (κ2) is 10.6. The first-order valence-electron chi connectivity index (χ1n) is 9.66. The van der Waals surface area contributed by atoms with E-state index in [2.05, 4.69) is 20.0 Å². The van der Waals surface area contributed by atoms with E-state index in [1.807, 2.05) is 0 Å². The lowest BCUT2D eigenvalue weighted by Gasteiger charge is -2.12. The van der Waals surface area contributed by atoms with Gasteiger partial charge in [0.2, 0.25) is 0 Å². The molecule has 1 aromatic heterocycles. The largest absolute Gasteiger partial charge is 0.361 e. The molecule has 3 aromatic rings. The van der Waals surface area contributed by atoms with Gasteiger partial charge in [0.1, 0.15) is 5.82 Å². The Labute approximate surface area is 210 Å². The zero-order valence-electron chi connectivity index (χ0n) is 18.0. The molecule has 0 saturated carbocycles. The van der Waals surface area contributed by atoms with Crippen LogP contribution in [0.15, 0.2) is 70.1 Å². The number of nitrogens with one attached hydrogen (secondary N) is 2. The van der Waals surface area contributed by atoms with Gasteiger partial charge < -0.3 is 16.4 Å². The zero-order valence-corrected chi connectivity index (χ0v) is 20.3. The van der Waals surface area contributed by atoms with E-state index in [0.717, 1.165) is 6.26 Å². The van der Waals surface area contributed by atoms with Gasteiger partial charge in [-0.2, -0.15) is 0 Å². The summed E-state index contributed by atoms with van der Waals surface area (Å²) < 4.78 is 16.0. The molecule has 0 bridgehead atoms. The normalized spacial score (nSPS) is 12.2. The van der Waals surface area contributed by atoms with Crippen LogP contribution < -0.4 is 16.4 Å². The van der Waals surface area contributed by atoms with Crippen molar-refractivity contribution in [2.24, 2.45) is 10.1 Å². The van der Waals surface area contributed by atoms with E-state index in [1.54, 1.807) is 6.07 Å². The van der Waals surface area contributed by atoms with Crippen LogP contribution in [0.3, 0.4) is 0 Å². The third kappa shape index (κ3) is 6.63. The highest BCUT2D eigenvalue weighted by Crippen LogP contribution is 2.23. The fourth-order valence-corrected chi connectivity index (χ4v) is 4.19. The van der Waals surface area contributed by atoms with Crippen molar-refractivity contribution in [1.29, 1.82) is 0 Å². The van der Waals surface area contributed by atoms with Gasteiger partial charge in [-0.25, -0.2) is 9.19 Å². The fraction of sp³-hybridized carbons (Fsp3) is 0.0455. The molecule has 0 spiro atoms. The van der Waals surface area contributed by atoms with Crippen molar-refractivity contribution < 1.29 is 23.4 Å². The number of anilines is 2. The quantitative estimate of drug-likeness (QED) is 0.426. The molecule has 4 amide bonds. The summed E-state index contributed by atoms with van der Waals surface area (Å²) in [6.45, 7) is 0. The van der Waals surface area contributed by atoms with Crippen LogP contribution in [-0.4, -0.2) is 39.1 Å². The molecule has 1 atom stereocenters. The Morgan fingerprint density at radius 3 is 2.17 bits per heavy atom. The summed E-state index contributed by atoms with van der Waals surface area (Å²) in [5.41, 5.74) is 5.26. The lowest BCUT2D eigenvalue weighted by molar-refractivity contribution is -0.135. The standard InChI is InChI=1S/C22H17Cl2N5O5S/c1-35(34,29-22(33)19(25)30)15-6-2-12(3-7-15)20(31)27-17-8-4-13(23)10-16(17)21(32)28-18-9-5-14(24)11-26-18/h2-11H,1H3,(H2,25,30)(H,27,31)(H,26,28,32). The molecule has 0 fully saturated rings. The number of aromatic nitrogens is 1. The third-order valence-corrected chi connectivity index (χ3v) is 6.58. The van der Waals surface area contributed by atoms with E-state index in [9.17, 15) is 23.4 Å². The number of amides is 4. The smallest absolute Gasteiger partial charge is 0.343 e. The van der Waals surface area contributed by atoms with Crippen LogP contribution in [0.4, 0.5) is 11.5 Å². The first-order valence-corrected chi connectivity index (χ1v) is 12.3. The zero-order chi connectivity index (χ0) is 25.8. The molecule has 3 rings (SSSR count). The van der Waals surface area contributed by atoms with Gasteiger partial charge in [0.25, 0.3) is 11.8 Å². The van der Waals surface area contributed by atoms with Gasteiger partial charge in [-0.1, -0.05) is 23.2 Å². The van der Waals surface area contributed by atoms with Gasteiger partial charge in [-0.3, -0.25) is 19.2 Å². The van der Waals surface area contributed by atoms with E-state index in [4.69, 9.17) is 28.9 Å². The predicted octanol–water partition coefficient (Wildman–Crippen LogP) is 3.36. The Kier molecular flexibility index (Phi) is 7.85. The third-order valence-electron chi connectivity index (χ3n) is 4.47. The average Bonchev–Trinajstić information content (AvgIpc) is 2.81. The maximum absolute atomic E-state index is 12.8. The SMILES string of the molecule is CS(=O)(=NC(=O)C(N)=O)c1ccc(C(=O)Nc2ccc(Cl)cc2C(=O)Nc2ccc(Cl)cn2)cc1. The Morgan fingerprint density at radius 2 is 1.57 bits per heavy atom. The topological polar surface area (TPSA) is 161 Å². The maximum atomic E-state index is 12.8. The van der Waals surface area contributed by atoms with Crippen molar-refractivity contribution in [3.63, 3.8) is 0 Å². The molecule has 1 heterocycles. The number of carbonyl (C=O) groups excluding carboxylic acids is 4. The number of primary amides is 1. The molecule has 180 valence electrons. The van der Waals surface area contributed by atoms with Gasteiger partial charge in [0, 0.05) is 27.9 Å². The van der Waals surface area contributed by atoms with E-state index < -0.39 is 33.4 Å². The summed E-state index contributed by atoms with van der Waals surface area (Å²) in [7, 11) is -3.25. The van der Waals surface area contributed by atoms with Gasteiger partial charge in [0.15, 0.2) is 0 Å². The van der Waals surface area contributed by atoms with Crippen LogP contribution in [0.25, 0.3) is 0 Å². The number of halogens is 2. The van der Waals surface area contributed by atoms with Gasteiger partial charge in [-0.05, 0) is 54.6 Å². The highest BCUT2D eigenvalue weighted by Gasteiger charge is 2.17. The minimum atomic E-state index is -3.25. The van der Waals surface area contributed by atoms with E-state index in [0.29, 0.717) is 5.02 Å². The van der Waals surface area contributed by atoms with Gasteiger partial charge in [-0.15, -0.1) is 4.36 Å². The van der Waals surface area contributed by atoms with Crippen LogP contribution in [0.2, 0.25) is 10.0 Å². The molecule has 13 heteroatoms. The van der Waals surface area contributed by atoms with Crippen LogP contribution in [0.1, 0.15) is 20.7 Å². The van der Waals surface area contributed by atoms with E-state index in [-0.39, 0.29) is 32.6 Å². The lowest BCUT2D eigenvalue weighted by atomic mass is 10.1. The van der Waals surface area contributed by atoms with Crippen molar-refractivity contribution in [2.75, 3.05) is 16.9 Å². The second-order valence-electron chi connectivity index (χ2n) is 7.05. The highest BCUT2D eigenvalue weighted by atomic mass is 35.5. The van der Waals surface area contributed by atoms with Crippen LogP contribution in [-0.2, 0) is 19.3 Å². The number of nitrogens with two attached hydrogens (primary N) is 1. The first kappa shape index (κ1) is 25.8. The fourth-order valence-electron chi connectivity index (χ4n) is 2.76. The number of carbonyl (C=O) groups is 4. The summed E-state index contributed by atoms with van der Waals surface area (Å²) >= 11 is 11.8. The summed E-state index contributed by atoms with van der Waals surface area (Å²) in [5.74, 6) is -3.55. The average molecular weight is 534 g/mol. The monoisotopic (exact) mass is 533 g/mol. The number of hydrogen-bond donors (Lipinski definition) is 3. The Bertz CT molecular complexity index is 1450. The summed E-state index contributed by atoms with van der Waals surface area (Å²) in [4.78, 5) is 52.0. The Balaban J connectivity index is 1.82. The molecule has 4 N–H and O–H groups in total. The number of pyridine rings is 1. The summed E-state index contributed by atoms with van der Waals surface area (Å²) in [5, 5.41) is 5.89. The summed E-state index contributed by atoms with van der Waals surface area (Å²) in [6.07, 6.45) is 2.53. The number of benzene rings is 2. The number of nitrogens with zero attached hydrogens (tertiary/aromatic N) is 2. The molecule has 2 aromatic carbocycles. The molecule has 0 saturated heterocycles. The first-order chi connectivity index (χ1) is 16.5. The number of rotatable bonds is 5. The molecule has 10 nitrogen and oxygen atoms in total. The molecule has 0 aliphatic carbocycles.